The molecule has 9 heteroatoms. The minimum absolute atomic E-state index is 0.576. The predicted octanol–water partition coefficient (Wildman–Crippen LogP) is 2.08. The van der Waals surface area contributed by atoms with Gasteiger partial charge in [-0.2, -0.15) is 0 Å². The molecular formula is C8H7F5N2O2. The number of hydrogen-bond acceptors (Lipinski definition) is 4. The van der Waals surface area contributed by atoms with Gasteiger partial charge in [-0.1, -0.05) is 0 Å². The fourth-order valence-electron chi connectivity index (χ4n) is 1.12. The Bertz CT molecular complexity index is 408. The predicted molar refractivity (Wildman–Crippen MR) is 45.4 cm³/mol. The maximum Gasteiger partial charge on any atom is 0.573 e. The van der Waals surface area contributed by atoms with Gasteiger partial charge in [-0.05, 0) is 0 Å². The van der Waals surface area contributed by atoms with Gasteiger partial charge in [0.15, 0.2) is 5.75 Å². The van der Waals surface area contributed by atoms with E-state index in [1.54, 1.807) is 0 Å². The average Bonchev–Trinajstić information content (AvgIpc) is 2.15. The fraction of sp³-hybridized carbons (Fsp3) is 0.375. The summed E-state index contributed by atoms with van der Waals surface area (Å²) in [6, 6.07) is 0. The van der Waals surface area contributed by atoms with E-state index in [4.69, 9.17) is 10.8 Å². The van der Waals surface area contributed by atoms with Crippen LogP contribution in [0, 0.1) is 0 Å². The molecule has 0 bridgehead atoms. The number of pyridine rings is 1. The van der Waals surface area contributed by atoms with Crippen molar-refractivity contribution in [1.82, 2.24) is 4.98 Å². The highest BCUT2D eigenvalue weighted by Gasteiger charge is 2.35. The molecule has 0 fully saturated rings. The van der Waals surface area contributed by atoms with E-state index >= 15 is 0 Å². The molecule has 1 rings (SSSR count). The molecule has 0 aliphatic carbocycles. The fourth-order valence-corrected chi connectivity index (χ4v) is 1.12. The quantitative estimate of drug-likeness (QED) is 0.814. The van der Waals surface area contributed by atoms with Crippen molar-refractivity contribution in [3.8, 4) is 11.5 Å². The number of alkyl halides is 5. The second kappa shape index (κ2) is 4.70. The third-order valence-corrected chi connectivity index (χ3v) is 1.77. The van der Waals surface area contributed by atoms with E-state index in [-0.39, 0.29) is 0 Å². The lowest BCUT2D eigenvalue weighted by atomic mass is 10.2. The molecule has 1 aromatic heterocycles. The van der Waals surface area contributed by atoms with Gasteiger partial charge >= 0.3 is 6.36 Å². The molecule has 17 heavy (non-hydrogen) atoms. The molecule has 0 amide bonds. The summed E-state index contributed by atoms with van der Waals surface area (Å²) in [5, 5.41) is 9.16. The smallest absolute Gasteiger partial charge is 0.506 e. The Hall–Kier alpha value is -1.64. The summed E-state index contributed by atoms with van der Waals surface area (Å²) in [7, 11) is 0. The molecule has 0 radical (unpaired) electrons. The highest BCUT2D eigenvalue weighted by Crippen LogP contribution is 2.37. The molecule has 1 heterocycles. The zero-order valence-corrected chi connectivity index (χ0v) is 8.13. The monoisotopic (exact) mass is 258 g/mol. The molecule has 96 valence electrons. The molecule has 0 aromatic carbocycles. The number of nitrogens with zero attached hydrogens (tertiary/aromatic N) is 1. The second-order valence-electron chi connectivity index (χ2n) is 2.89. The van der Waals surface area contributed by atoms with Crippen molar-refractivity contribution in [3.05, 3.63) is 17.5 Å². The van der Waals surface area contributed by atoms with E-state index in [0.717, 1.165) is 0 Å². The average molecular weight is 258 g/mol. The van der Waals surface area contributed by atoms with Crippen LogP contribution in [0.15, 0.2) is 6.20 Å². The Morgan fingerprint density at radius 1 is 1.41 bits per heavy atom. The standard InChI is InChI=1S/C8H7F5N2O2/c9-7(10)5-6(17-8(11,12)13)3(1-14)4(16)2-15-5/h2,7,16H,1,14H2. The van der Waals surface area contributed by atoms with Gasteiger partial charge in [0.2, 0.25) is 0 Å². The van der Waals surface area contributed by atoms with Crippen molar-refractivity contribution in [2.75, 3.05) is 0 Å². The van der Waals surface area contributed by atoms with Crippen LogP contribution in [-0.4, -0.2) is 16.5 Å². The lowest BCUT2D eigenvalue weighted by molar-refractivity contribution is -0.275. The van der Waals surface area contributed by atoms with Crippen LogP contribution in [0.3, 0.4) is 0 Å². The third-order valence-electron chi connectivity index (χ3n) is 1.77. The van der Waals surface area contributed by atoms with Crippen LogP contribution in [0.25, 0.3) is 0 Å². The highest BCUT2D eigenvalue weighted by molar-refractivity contribution is 5.45. The van der Waals surface area contributed by atoms with Crippen molar-refractivity contribution >= 4 is 0 Å². The van der Waals surface area contributed by atoms with E-state index in [0.29, 0.717) is 6.20 Å². The maximum absolute atomic E-state index is 12.4. The van der Waals surface area contributed by atoms with Crippen molar-refractivity contribution < 1.29 is 31.8 Å². The van der Waals surface area contributed by atoms with Gasteiger partial charge in [0.1, 0.15) is 11.4 Å². The van der Waals surface area contributed by atoms with Crippen LogP contribution in [-0.2, 0) is 6.54 Å². The normalized spacial score (nSPS) is 11.9. The van der Waals surface area contributed by atoms with Crippen molar-refractivity contribution in [1.29, 1.82) is 0 Å². The summed E-state index contributed by atoms with van der Waals surface area (Å²) < 4.78 is 64.3. The van der Waals surface area contributed by atoms with Crippen molar-refractivity contribution in [2.45, 2.75) is 19.3 Å². The van der Waals surface area contributed by atoms with Gasteiger partial charge in [0.25, 0.3) is 6.43 Å². The lowest BCUT2D eigenvalue weighted by Crippen LogP contribution is -2.20. The first-order valence-electron chi connectivity index (χ1n) is 4.21. The van der Waals surface area contributed by atoms with Crippen LogP contribution in [0.4, 0.5) is 22.0 Å². The zero-order valence-electron chi connectivity index (χ0n) is 8.13. The molecule has 0 saturated heterocycles. The summed E-state index contributed by atoms with van der Waals surface area (Å²) >= 11 is 0. The zero-order chi connectivity index (χ0) is 13.2. The van der Waals surface area contributed by atoms with Gasteiger partial charge in [-0.3, -0.25) is 0 Å². The number of nitrogens with two attached hydrogens (primary N) is 1. The van der Waals surface area contributed by atoms with E-state index in [2.05, 4.69) is 9.72 Å². The lowest BCUT2D eigenvalue weighted by Gasteiger charge is -2.16. The minimum atomic E-state index is -5.18. The second-order valence-corrected chi connectivity index (χ2v) is 2.89. The Morgan fingerprint density at radius 2 is 2.00 bits per heavy atom. The molecule has 0 aliphatic rings. The molecule has 0 spiro atoms. The van der Waals surface area contributed by atoms with Gasteiger partial charge in [0, 0.05) is 6.54 Å². The van der Waals surface area contributed by atoms with Gasteiger partial charge in [0.05, 0.1) is 11.8 Å². The summed E-state index contributed by atoms with van der Waals surface area (Å²) in [6.45, 7) is -0.598. The van der Waals surface area contributed by atoms with Crippen LogP contribution in [0.5, 0.6) is 11.5 Å². The number of hydrogen-bond donors (Lipinski definition) is 2. The molecule has 1 aromatic rings. The Balaban J connectivity index is 3.34. The van der Waals surface area contributed by atoms with Gasteiger partial charge in [-0.15, -0.1) is 13.2 Å². The van der Waals surface area contributed by atoms with Crippen LogP contribution >= 0.6 is 0 Å². The number of aromatic nitrogens is 1. The van der Waals surface area contributed by atoms with Gasteiger partial charge < -0.3 is 15.6 Å². The van der Waals surface area contributed by atoms with Crippen LogP contribution in [0.1, 0.15) is 17.7 Å². The maximum atomic E-state index is 12.4. The number of rotatable bonds is 3. The third kappa shape index (κ3) is 3.16. The Morgan fingerprint density at radius 3 is 2.41 bits per heavy atom. The van der Waals surface area contributed by atoms with Gasteiger partial charge in [-0.25, -0.2) is 13.8 Å². The number of halogens is 5. The first-order valence-corrected chi connectivity index (χ1v) is 4.21. The van der Waals surface area contributed by atoms with Crippen molar-refractivity contribution in [3.63, 3.8) is 0 Å². The molecular weight excluding hydrogens is 251 g/mol. The first kappa shape index (κ1) is 13.4. The molecule has 0 atom stereocenters. The van der Waals surface area contributed by atoms with Crippen LogP contribution < -0.4 is 10.5 Å². The van der Waals surface area contributed by atoms with E-state index in [1.165, 1.54) is 0 Å². The highest BCUT2D eigenvalue weighted by atomic mass is 19.4. The van der Waals surface area contributed by atoms with E-state index in [9.17, 15) is 22.0 Å². The Kier molecular flexibility index (Phi) is 3.71. The topological polar surface area (TPSA) is 68.4 Å². The first-order chi connectivity index (χ1) is 7.76. The van der Waals surface area contributed by atoms with Crippen molar-refractivity contribution in [2.24, 2.45) is 5.73 Å². The Labute approximate surface area is 91.8 Å². The summed E-state index contributed by atoms with van der Waals surface area (Å²) in [5.74, 6) is -1.99. The SMILES string of the molecule is NCc1c(O)cnc(C(F)F)c1OC(F)(F)F. The summed E-state index contributed by atoms with van der Waals surface area (Å²) in [4.78, 5) is 2.99. The molecule has 0 saturated carbocycles. The van der Waals surface area contributed by atoms with E-state index in [1.807, 2.05) is 0 Å². The number of ether oxygens (including phenoxy) is 1. The summed E-state index contributed by atoms with van der Waals surface area (Å²) in [6.07, 6.45) is -7.87. The van der Waals surface area contributed by atoms with E-state index < -0.39 is 42.1 Å². The molecule has 0 aliphatic heterocycles. The molecule has 3 N–H and O–H groups in total. The van der Waals surface area contributed by atoms with Crippen LogP contribution in [0.2, 0.25) is 0 Å². The largest absolute Gasteiger partial charge is 0.573 e. The minimum Gasteiger partial charge on any atom is -0.506 e. The number of aromatic hydroxyl groups is 1. The summed E-state index contributed by atoms with van der Waals surface area (Å²) in [5.41, 5.74) is 3.26. The molecule has 0 unspecified atom stereocenters. The molecule has 4 nitrogen and oxygen atoms in total.